The van der Waals surface area contributed by atoms with Gasteiger partial charge in [-0.3, -0.25) is 4.79 Å². The van der Waals surface area contributed by atoms with E-state index in [0.29, 0.717) is 54.1 Å². The lowest BCUT2D eigenvalue weighted by atomic mass is 9.77. The lowest BCUT2D eigenvalue weighted by molar-refractivity contribution is 0.0224. The van der Waals surface area contributed by atoms with Gasteiger partial charge in [-0.15, -0.1) is 0 Å². The first-order chi connectivity index (χ1) is 18.2. The van der Waals surface area contributed by atoms with Crippen molar-refractivity contribution in [1.82, 2.24) is 4.90 Å². The number of benzene rings is 3. The first-order valence-corrected chi connectivity index (χ1v) is 12.9. The maximum atomic E-state index is 13.5. The molecule has 3 aromatic rings. The number of piperidine rings is 1. The largest absolute Gasteiger partial charge is 0.456 e. The van der Waals surface area contributed by atoms with E-state index in [1.165, 1.54) is 0 Å². The zero-order valence-corrected chi connectivity index (χ0v) is 22.0. The summed E-state index contributed by atoms with van der Waals surface area (Å²) in [6.07, 6.45) is 0.738. The van der Waals surface area contributed by atoms with Crippen LogP contribution in [0, 0.1) is 0 Å². The standard InChI is InChI=1S/C30H31N3O5/c1-31(2)19-6-9-24-26(16-19)37-27-17-20(32(3)4)7-10-25(27)30(24)23-8-5-18(15-22(23)29(36)38-30)28(35)33-13-11-21(34)12-14-33/h5-10,15-17,21,34H,11-14H2,1-4H3. The van der Waals surface area contributed by atoms with Gasteiger partial charge in [-0.25, -0.2) is 4.79 Å². The molecule has 1 amide bonds. The number of aliphatic hydroxyl groups excluding tert-OH is 1. The van der Waals surface area contributed by atoms with E-state index in [4.69, 9.17) is 9.47 Å². The monoisotopic (exact) mass is 513 g/mol. The minimum Gasteiger partial charge on any atom is -0.456 e. The molecule has 0 unspecified atom stereocenters. The van der Waals surface area contributed by atoms with Gasteiger partial charge in [-0.1, -0.05) is 6.07 Å². The summed E-state index contributed by atoms with van der Waals surface area (Å²) in [7, 11) is 7.85. The molecule has 0 aromatic heterocycles. The molecule has 1 N–H and O–H groups in total. The Morgan fingerprint density at radius 3 is 1.97 bits per heavy atom. The molecule has 3 aliphatic rings. The summed E-state index contributed by atoms with van der Waals surface area (Å²) >= 11 is 0. The number of aliphatic hydroxyl groups is 1. The molecule has 0 bridgehead atoms. The molecule has 6 rings (SSSR count). The van der Waals surface area contributed by atoms with Gasteiger partial charge in [0.25, 0.3) is 5.91 Å². The molecule has 0 aliphatic carbocycles. The van der Waals surface area contributed by atoms with Crippen LogP contribution in [-0.4, -0.2) is 69.3 Å². The van der Waals surface area contributed by atoms with E-state index < -0.39 is 11.6 Å². The van der Waals surface area contributed by atoms with Crippen molar-refractivity contribution in [3.63, 3.8) is 0 Å². The predicted molar refractivity (Wildman–Crippen MR) is 144 cm³/mol. The molecule has 3 heterocycles. The Labute approximate surface area is 222 Å². The van der Waals surface area contributed by atoms with Crippen molar-refractivity contribution in [3.8, 4) is 11.5 Å². The molecule has 0 saturated carbocycles. The van der Waals surface area contributed by atoms with Crippen molar-refractivity contribution < 1.29 is 24.2 Å². The lowest BCUT2D eigenvalue weighted by Crippen LogP contribution is -2.40. The lowest BCUT2D eigenvalue weighted by Gasteiger charge is -2.37. The van der Waals surface area contributed by atoms with Crippen LogP contribution >= 0.6 is 0 Å². The van der Waals surface area contributed by atoms with Crippen LogP contribution in [0.15, 0.2) is 54.6 Å². The van der Waals surface area contributed by atoms with Crippen LogP contribution in [0.1, 0.15) is 50.2 Å². The summed E-state index contributed by atoms with van der Waals surface area (Å²) < 4.78 is 12.7. The van der Waals surface area contributed by atoms with Gasteiger partial charge in [0.2, 0.25) is 0 Å². The van der Waals surface area contributed by atoms with Crippen molar-refractivity contribution in [2.75, 3.05) is 51.1 Å². The molecular formula is C30H31N3O5. The number of nitrogens with zero attached hydrogens (tertiary/aromatic N) is 3. The van der Waals surface area contributed by atoms with Gasteiger partial charge >= 0.3 is 5.97 Å². The third-order valence-corrected chi connectivity index (χ3v) is 7.80. The second-order valence-electron chi connectivity index (χ2n) is 10.6. The number of carbonyl (C=O) groups excluding carboxylic acids is 2. The molecule has 1 saturated heterocycles. The van der Waals surface area contributed by atoms with Crippen LogP contribution in [0.3, 0.4) is 0 Å². The highest BCUT2D eigenvalue weighted by atomic mass is 16.6. The van der Waals surface area contributed by atoms with E-state index in [-0.39, 0.29) is 12.0 Å². The van der Waals surface area contributed by atoms with Crippen LogP contribution in [0.5, 0.6) is 11.5 Å². The van der Waals surface area contributed by atoms with Crippen LogP contribution in [0.2, 0.25) is 0 Å². The maximum Gasteiger partial charge on any atom is 0.340 e. The summed E-state index contributed by atoms with van der Waals surface area (Å²) in [6, 6.07) is 17.0. The fourth-order valence-electron chi connectivity index (χ4n) is 5.65. The van der Waals surface area contributed by atoms with Gasteiger partial charge in [0.15, 0.2) is 5.60 Å². The molecular weight excluding hydrogens is 482 g/mol. The van der Waals surface area contributed by atoms with Gasteiger partial charge in [0.05, 0.1) is 11.7 Å². The predicted octanol–water partition coefficient (Wildman–Crippen LogP) is 3.98. The van der Waals surface area contributed by atoms with E-state index in [0.717, 1.165) is 22.5 Å². The Balaban J connectivity index is 1.50. The SMILES string of the molecule is CN(C)c1ccc2c(c1)Oc1cc(N(C)C)ccc1C21OC(=O)c2cc(C(=O)N3CCC(O)CC3)ccc21. The van der Waals surface area contributed by atoms with Crippen LogP contribution in [-0.2, 0) is 10.3 Å². The fraction of sp³-hybridized carbons (Fsp3) is 0.333. The summed E-state index contributed by atoms with van der Waals surface area (Å²) in [5.74, 6) is 0.614. The number of hydrogen-bond acceptors (Lipinski definition) is 7. The maximum absolute atomic E-state index is 13.5. The number of carbonyl (C=O) groups is 2. The Hall–Kier alpha value is -4.04. The molecule has 38 heavy (non-hydrogen) atoms. The van der Waals surface area contributed by atoms with Crippen LogP contribution < -0.4 is 14.5 Å². The van der Waals surface area contributed by atoms with Crippen molar-refractivity contribution in [3.05, 3.63) is 82.4 Å². The van der Waals surface area contributed by atoms with Gasteiger partial charge in [0, 0.05) is 87.0 Å². The minimum atomic E-state index is -1.19. The molecule has 1 fully saturated rings. The molecule has 3 aliphatic heterocycles. The van der Waals surface area contributed by atoms with Crippen molar-refractivity contribution in [2.24, 2.45) is 0 Å². The highest BCUT2D eigenvalue weighted by Gasteiger charge is 2.53. The number of hydrogen-bond donors (Lipinski definition) is 1. The average Bonchev–Trinajstić information content (AvgIpc) is 3.20. The number of esters is 1. The number of likely N-dealkylation sites (tertiary alicyclic amines) is 1. The Bertz CT molecular complexity index is 1400. The van der Waals surface area contributed by atoms with Gasteiger partial charge in [0.1, 0.15) is 11.5 Å². The first kappa shape index (κ1) is 24.3. The Kier molecular flexibility index (Phi) is 5.61. The second-order valence-corrected chi connectivity index (χ2v) is 10.6. The minimum absolute atomic E-state index is 0.146. The quantitative estimate of drug-likeness (QED) is 0.531. The van der Waals surface area contributed by atoms with Gasteiger partial charge < -0.3 is 29.3 Å². The highest BCUT2D eigenvalue weighted by molar-refractivity contribution is 6.01. The van der Waals surface area contributed by atoms with Crippen molar-refractivity contribution in [2.45, 2.75) is 24.5 Å². The van der Waals surface area contributed by atoms with E-state index in [2.05, 4.69) is 0 Å². The molecule has 8 heteroatoms. The van der Waals surface area contributed by atoms with E-state index >= 15 is 0 Å². The molecule has 196 valence electrons. The molecule has 0 radical (unpaired) electrons. The number of rotatable bonds is 3. The highest BCUT2D eigenvalue weighted by Crippen LogP contribution is 2.57. The summed E-state index contributed by atoms with van der Waals surface area (Å²) in [5, 5.41) is 9.82. The topological polar surface area (TPSA) is 82.6 Å². The van der Waals surface area contributed by atoms with E-state index in [1.54, 1.807) is 17.0 Å². The third kappa shape index (κ3) is 3.62. The Morgan fingerprint density at radius 1 is 0.868 bits per heavy atom. The third-order valence-electron chi connectivity index (χ3n) is 7.80. The second kappa shape index (κ2) is 8.77. The molecule has 8 nitrogen and oxygen atoms in total. The van der Waals surface area contributed by atoms with Gasteiger partial charge in [-0.2, -0.15) is 0 Å². The molecule has 3 aromatic carbocycles. The fourth-order valence-corrected chi connectivity index (χ4v) is 5.65. The van der Waals surface area contributed by atoms with E-state index in [1.807, 2.05) is 80.5 Å². The average molecular weight is 514 g/mol. The normalized spacial score (nSPS) is 17.3. The first-order valence-electron chi connectivity index (χ1n) is 12.9. The summed E-state index contributed by atoms with van der Waals surface area (Å²) in [4.78, 5) is 32.4. The number of anilines is 2. The smallest absolute Gasteiger partial charge is 0.340 e. The zero-order valence-electron chi connectivity index (χ0n) is 22.0. The van der Waals surface area contributed by atoms with Crippen molar-refractivity contribution >= 4 is 23.3 Å². The number of amides is 1. The van der Waals surface area contributed by atoms with Crippen LogP contribution in [0.4, 0.5) is 11.4 Å². The van der Waals surface area contributed by atoms with Crippen LogP contribution in [0.25, 0.3) is 0 Å². The molecule has 1 spiro atoms. The zero-order chi connectivity index (χ0) is 26.8. The molecule has 0 atom stereocenters. The summed E-state index contributed by atoms with van der Waals surface area (Å²) in [5.41, 5.74) is 3.71. The number of ether oxygens (including phenoxy) is 2. The Morgan fingerprint density at radius 2 is 1.42 bits per heavy atom. The number of fused-ring (bicyclic) bond motifs is 6. The van der Waals surface area contributed by atoms with Gasteiger partial charge in [-0.05, 0) is 49.2 Å². The van der Waals surface area contributed by atoms with E-state index in [9.17, 15) is 14.7 Å². The van der Waals surface area contributed by atoms with Crippen molar-refractivity contribution in [1.29, 1.82) is 0 Å². The summed E-state index contributed by atoms with van der Waals surface area (Å²) in [6.45, 7) is 0.984.